The summed E-state index contributed by atoms with van der Waals surface area (Å²) in [6.07, 6.45) is 9.70. The normalized spacial score (nSPS) is 31.9. The maximum absolute atomic E-state index is 5.03. The van der Waals surface area contributed by atoms with Crippen LogP contribution in [0.3, 0.4) is 0 Å². The fourth-order valence-corrected chi connectivity index (χ4v) is 3.40. The Hall–Kier alpha value is -1.31. The van der Waals surface area contributed by atoms with Gasteiger partial charge in [-0.25, -0.2) is 0 Å². The number of nitrogens with zero attached hydrogens (tertiary/aromatic N) is 1. The second-order valence-corrected chi connectivity index (χ2v) is 5.76. The minimum Gasteiger partial charge on any atom is -0.344 e. The van der Waals surface area contributed by atoms with Crippen molar-refractivity contribution in [1.82, 2.24) is 5.32 Å². The fourth-order valence-electron chi connectivity index (χ4n) is 3.40. The van der Waals surface area contributed by atoms with Gasteiger partial charge in [-0.15, -0.1) is 0 Å². The van der Waals surface area contributed by atoms with E-state index in [0.717, 1.165) is 24.6 Å². The summed E-state index contributed by atoms with van der Waals surface area (Å²) in [6, 6.07) is 0. The Kier molecular flexibility index (Phi) is 9.87. The van der Waals surface area contributed by atoms with Crippen LogP contribution in [0, 0.1) is 11.8 Å². The molecule has 2 heteroatoms. The van der Waals surface area contributed by atoms with Crippen molar-refractivity contribution in [2.45, 2.75) is 80.2 Å². The highest BCUT2D eigenvalue weighted by Gasteiger charge is 2.53. The molecule has 2 aliphatic rings. The van der Waals surface area contributed by atoms with Crippen LogP contribution in [-0.2, 0) is 0 Å². The average molecular weight is 319 g/mol. The van der Waals surface area contributed by atoms with Crippen molar-refractivity contribution in [3.05, 3.63) is 36.1 Å². The van der Waals surface area contributed by atoms with Crippen molar-refractivity contribution >= 4 is 5.84 Å². The highest BCUT2D eigenvalue weighted by molar-refractivity contribution is 5.85. The van der Waals surface area contributed by atoms with Crippen molar-refractivity contribution in [1.29, 1.82) is 0 Å². The minimum atomic E-state index is -0.0378. The van der Waals surface area contributed by atoms with Gasteiger partial charge in [0, 0.05) is 11.3 Å². The Labute approximate surface area is 144 Å². The van der Waals surface area contributed by atoms with E-state index in [0.29, 0.717) is 5.92 Å². The zero-order chi connectivity index (χ0) is 18.0. The molecule has 1 aliphatic heterocycles. The van der Waals surface area contributed by atoms with E-state index in [-0.39, 0.29) is 5.54 Å². The van der Waals surface area contributed by atoms with Gasteiger partial charge >= 0.3 is 0 Å². The van der Waals surface area contributed by atoms with Crippen LogP contribution in [0.15, 0.2) is 41.1 Å². The van der Waals surface area contributed by atoms with Gasteiger partial charge in [-0.1, -0.05) is 73.3 Å². The minimum absolute atomic E-state index is 0.0378. The van der Waals surface area contributed by atoms with Crippen molar-refractivity contribution in [3.8, 4) is 0 Å². The molecule has 1 aliphatic carbocycles. The molecule has 2 nitrogen and oxygen atoms in total. The number of hydrogen-bond acceptors (Lipinski definition) is 2. The van der Waals surface area contributed by atoms with Crippen molar-refractivity contribution < 1.29 is 0 Å². The lowest BCUT2D eigenvalue weighted by molar-refractivity contribution is 0.400. The molecule has 0 saturated heterocycles. The van der Waals surface area contributed by atoms with Crippen molar-refractivity contribution in [3.63, 3.8) is 0 Å². The molecule has 132 valence electrons. The van der Waals surface area contributed by atoms with Crippen LogP contribution < -0.4 is 5.32 Å². The third kappa shape index (κ3) is 4.83. The van der Waals surface area contributed by atoms with Gasteiger partial charge in [0.25, 0.3) is 0 Å². The van der Waals surface area contributed by atoms with Crippen LogP contribution in [0.5, 0.6) is 0 Å². The second-order valence-electron chi connectivity index (χ2n) is 5.76. The second kappa shape index (κ2) is 10.5. The van der Waals surface area contributed by atoms with Gasteiger partial charge in [0.05, 0.1) is 11.4 Å². The number of aliphatic imine (C=N–C) groups is 1. The van der Waals surface area contributed by atoms with Crippen LogP contribution in [-0.4, -0.2) is 11.4 Å². The molecule has 0 aromatic heterocycles. The molecule has 23 heavy (non-hydrogen) atoms. The van der Waals surface area contributed by atoms with Crippen molar-refractivity contribution in [2.75, 3.05) is 0 Å². The summed E-state index contributed by atoms with van der Waals surface area (Å²) in [5.41, 5.74) is 2.52. The van der Waals surface area contributed by atoms with Gasteiger partial charge in [0.2, 0.25) is 0 Å². The van der Waals surface area contributed by atoms with Crippen LogP contribution >= 0.6 is 0 Å². The first-order chi connectivity index (χ1) is 11.1. The third-order valence-corrected chi connectivity index (χ3v) is 4.39. The van der Waals surface area contributed by atoms with Gasteiger partial charge < -0.3 is 5.32 Å². The number of rotatable bonds is 4. The Morgan fingerprint density at radius 3 is 2.22 bits per heavy atom. The lowest BCUT2D eigenvalue weighted by Crippen LogP contribution is -2.43. The first-order valence-electron chi connectivity index (χ1n) is 9.46. The van der Waals surface area contributed by atoms with E-state index in [9.17, 15) is 0 Å². The molecule has 1 heterocycles. The van der Waals surface area contributed by atoms with Crippen LogP contribution in [0.1, 0.15) is 74.7 Å². The average Bonchev–Trinajstić information content (AvgIpc) is 3.31. The zero-order valence-electron chi connectivity index (χ0n) is 16.7. The number of allylic oxidation sites excluding steroid dienone is 3. The molecular weight excluding hydrogens is 280 g/mol. The molecule has 1 saturated carbocycles. The smallest absolute Gasteiger partial charge is 0.0986 e. The summed E-state index contributed by atoms with van der Waals surface area (Å²) < 4.78 is 0. The lowest BCUT2D eigenvalue weighted by atomic mass is 9.78. The quantitative estimate of drug-likeness (QED) is 0.649. The summed E-state index contributed by atoms with van der Waals surface area (Å²) >= 11 is 0. The summed E-state index contributed by atoms with van der Waals surface area (Å²) in [7, 11) is 0. The standard InChI is InChI=1S/C17H26N2.2C2H6/c1-6-9-14-16(10-7-2)18-13(5)19-17(14,8-3)15-11-12(15)4;2*1-2/h6,9-10,12,15H,1,7-8,11H2,2-5H3,(H,18,19);2*1-2H3/b14-9+,16-10+;;. The highest BCUT2D eigenvalue weighted by Crippen LogP contribution is 2.54. The Morgan fingerprint density at radius 2 is 1.83 bits per heavy atom. The van der Waals surface area contributed by atoms with E-state index in [2.05, 4.69) is 51.7 Å². The molecular formula is C21H38N2. The summed E-state index contributed by atoms with van der Waals surface area (Å²) in [6.45, 7) is 20.7. The molecule has 0 radical (unpaired) electrons. The van der Waals surface area contributed by atoms with Crippen LogP contribution in [0.2, 0.25) is 0 Å². The number of amidine groups is 1. The van der Waals surface area contributed by atoms with Crippen LogP contribution in [0.4, 0.5) is 0 Å². The molecule has 1 fully saturated rings. The third-order valence-electron chi connectivity index (χ3n) is 4.39. The maximum atomic E-state index is 5.03. The summed E-state index contributed by atoms with van der Waals surface area (Å²) in [4.78, 5) is 5.03. The topological polar surface area (TPSA) is 24.4 Å². The van der Waals surface area contributed by atoms with E-state index < -0.39 is 0 Å². The predicted octanol–water partition coefficient (Wildman–Crippen LogP) is 6.27. The molecule has 0 aromatic carbocycles. The SMILES string of the molecule is C=C/C=C1\C(=C/CC)NC(C)=NC1(CC)C1CC1C.CC.CC. The van der Waals surface area contributed by atoms with E-state index in [4.69, 9.17) is 4.99 Å². The van der Waals surface area contributed by atoms with Crippen LogP contribution in [0.25, 0.3) is 0 Å². The zero-order valence-corrected chi connectivity index (χ0v) is 16.7. The molecule has 2 rings (SSSR count). The first kappa shape index (κ1) is 21.7. The molecule has 3 atom stereocenters. The number of nitrogens with one attached hydrogen (secondary N) is 1. The Bertz CT molecular complexity index is 456. The Morgan fingerprint density at radius 1 is 1.26 bits per heavy atom. The Balaban J connectivity index is 0.00000112. The highest BCUT2D eigenvalue weighted by atomic mass is 15.1. The largest absolute Gasteiger partial charge is 0.344 e. The lowest BCUT2D eigenvalue weighted by Gasteiger charge is -2.38. The first-order valence-corrected chi connectivity index (χ1v) is 9.46. The monoisotopic (exact) mass is 318 g/mol. The van der Waals surface area contributed by atoms with Gasteiger partial charge in [-0.2, -0.15) is 0 Å². The van der Waals surface area contributed by atoms with Gasteiger partial charge in [-0.3, -0.25) is 4.99 Å². The summed E-state index contributed by atoms with van der Waals surface area (Å²) in [5.74, 6) is 2.51. The van der Waals surface area contributed by atoms with Crippen molar-refractivity contribution in [2.24, 2.45) is 16.8 Å². The maximum Gasteiger partial charge on any atom is 0.0986 e. The molecule has 1 N–H and O–H groups in total. The molecule has 3 unspecified atom stereocenters. The molecule has 0 amide bonds. The molecule has 0 aromatic rings. The van der Waals surface area contributed by atoms with Gasteiger partial charge in [-0.05, 0) is 38.0 Å². The molecule has 0 bridgehead atoms. The van der Waals surface area contributed by atoms with Gasteiger partial charge in [0.1, 0.15) is 0 Å². The van der Waals surface area contributed by atoms with E-state index in [1.165, 1.54) is 17.7 Å². The fraction of sp³-hybridized carbons (Fsp3) is 0.667. The molecule has 0 spiro atoms. The predicted molar refractivity (Wildman–Crippen MR) is 106 cm³/mol. The van der Waals surface area contributed by atoms with E-state index >= 15 is 0 Å². The number of hydrogen-bond donors (Lipinski definition) is 1. The van der Waals surface area contributed by atoms with E-state index in [1.807, 2.05) is 33.8 Å². The van der Waals surface area contributed by atoms with E-state index in [1.54, 1.807) is 0 Å². The summed E-state index contributed by atoms with van der Waals surface area (Å²) in [5, 5.41) is 3.43. The van der Waals surface area contributed by atoms with Gasteiger partial charge in [0.15, 0.2) is 0 Å².